The third-order valence-electron chi connectivity index (χ3n) is 3.86. The summed E-state index contributed by atoms with van der Waals surface area (Å²) in [7, 11) is 1.65. The summed E-state index contributed by atoms with van der Waals surface area (Å²) in [6.07, 6.45) is 1.40. The predicted octanol–water partition coefficient (Wildman–Crippen LogP) is 2.17. The topological polar surface area (TPSA) is 78.2 Å². The lowest BCUT2D eigenvalue weighted by atomic mass is 10.2. The molecule has 2 heterocycles. The molecule has 0 fully saturated rings. The Labute approximate surface area is 145 Å². The van der Waals surface area contributed by atoms with Gasteiger partial charge < -0.3 is 23.5 Å². The molecule has 132 valence electrons. The van der Waals surface area contributed by atoms with Crippen LogP contribution in [-0.4, -0.2) is 43.6 Å². The van der Waals surface area contributed by atoms with Gasteiger partial charge in [-0.25, -0.2) is 4.79 Å². The predicted molar refractivity (Wildman–Crippen MR) is 87.6 cm³/mol. The summed E-state index contributed by atoms with van der Waals surface area (Å²) in [5.41, 5.74) is 1.22. The van der Waals surface area contributed by atoms with Gasteiger partial charge in [0.1, 0.15) is 24.5 Å². The lowest BCUT2D eigenvalue weighted by Crippen LogP contribution is -2.31. The number of hydrogen-bond donors (Lipinski definition) is 0. The monoisotopic (exact) mass is 345 g/mol. The van der Waals surface area contributed by atoms with Gasteiger partial charge in [-0.05, 0) is 30.7 Å². The SMILES string of the molecule is Cc1occc1C(=O)OCC(=O)N(C)Cc1ccc2c(c1)OCCO2. The highest BCUT2D eigenvalue weighted by Crippen LogP contribution is 2.31. The molecule has 0 spiro atoms. The molecular weight excluding hydrogens is 326 g/mol. The van der Waals surface area contributed by atoms with Crippen LogP contribution in [0.15, 0.2) is 34.9 Å². The van der Waals surface area contributed by atoms with Gasteiger partial charge in [-0.15, -0.1) is 0 Å². The van der Waals surface area contributed by atoms with E-state index in [1.165, 1.54) is 17.2 Å². The third kappa shape index (κ3) is 3.93. The van der Waals surface area contributed by atoms with Gasteiger partial charge in [-0.3, -0.25) is 4.79 Å². The van der Waals surface area contributed by atoms with Crippen LogP contribution in [0.5, 0.6) is 11.5 Å². The number of benzene rings is 1. The van der Waals surface area contributed by atoms with Crippen LogP contribution in [0.4, 0.5) is 0 Å². The first-order valence-corrected chi connectivity index (χ1v) is 7.88. The maximum Gasteiger partial charge on any atom is 0.342 e. The first-order chi connectivity index (χ1) is 12.0. The average Bonchev–Trinajstić information content (AvgIpc) is 3.05. The van der Waals surface area contributed by atoms with Crippen molar-refractivity contribution < 1.29 is 28.2 Å². The second-order valence-corrected chi connectivity index (χ2v) is 5.69. The van der Waals surface area contributed by atoms with Crippen LogP contribution < -0.4 is 9.47 Å². The highest BCUT2D eigenvalue weighted by atomic mass is 16.6. The van der Waals surface area contributed by atoms with E-state index in [-0.39, 0.29) is 12.5 Å². The quantitative estimate of drug-likeness (QED) is 0.773. The van der Waals surface area contributed by atoms with Gasteiger partial charge in [-0.2, -0.15) is 0 Å². The molecule has 7 nitrogen and oxygen atoms in total. The minimum Gasteiger partial charge on any atom is -0.486 e. The molecule has 1 aliphatic heterocycles. The van der Waals surface area contributed by atoms with Crippen LogP contribution in [0.2, 0.25) is 0 Å². The van der Waals surface area contributed by atoms with Gasteiger partial charge in [0.15, 0.2) is 18.1 Å². The van der Waals surface area contributed by atoms with Crippen molar-refractivity contribution in [2.24, 2.45) is 0 Å². The normalized spacial score (nSPS) is 12.6. The number of aryl methyl sites for hydroxylation is 1. The summed E-state index contributed by atoms with van der Waals surface area (Å²) in [6.45, 7) is 2.75. The molecule has 2 aromatic rings. The summed E-state index contributed by atoms with van der Waals surface area (Å²) in [4.78, 5) is 25.5. The Bertz CT molecular complexity index is 782. The Morgan fingerprint density at radius 2 is 1.92 bits per heavy atom. The van der Waals surface area contributed by atoms with Crippen molar-refractivity contribution in [2.75, 3.05) is 26.9 Å². The summed E-state index contributed by atoms with van der Waals surface area (Å²) < 4.78 is 21.1. The molecule has 0 aliphatic carbocycles. The molecule has 1 aromatic carbocycles. The van der Waals surface area contributed by atoms with Crippen molar-refractivity contribution in [3.63, 3.8) is 0 Å². The fraction of sp³-hybridized carbons (Fsp3) is 0.333. The zero-order chi connectivity index (χ0) is 17.8. The highest BCUT2D eigenvalue weighted by molar-refractivity contribution is 5.92. The number of likely N-dealkylation sites (N-methyl/N-ethyl adjacent to an activating group) is 1. The first-order valence-electron chi connectivity index (χ1n) is 7.88. The van der Waals surface area contributed by atoms with Crippen LogP contribution in [0.25, 0.3) is 0 Å². The van der Waals surface area contributed by atoms with Crippen molar-refractivity contribution in [1.82, 2.24) is 4.90 Å². The largest absolute Gasteiger partial charge is 0.486 e. The van der Waals surface area contributed by atoms with Crippen molar-refractivity contribution in [2.45, 2.75) is 13.5 Å². The molecular formula is C18H19NO6. The van der Waals surface area contributed by atoms with E-state index >= 15 is 0 Å². The van der Waals surface area contributed by atoms with Crippen molar-refractivity contribution in [3.8, 4) is 11.5 Å². The number of fused-ring (bicyclic) bond motifs is 1. The van der Waals surface area contributed by atoms with Crippen LogP contribution in [-0.2, 0) is 16.1 Å². The number of amides is 1. The van der Waals surface area contributed by atoms with Crippen molar-refractivity contribution in [3.05, 3.63) is 47.4 Å². The molecule has 3 rings (SSSR count). The van der Waals surface area contributed by atoms with Gasteiger partial charge in [0, 0.05) is 13.6 Å². The Hall–Kier alpha value is -2.96. The number of carbonyl (C=O) groups excluding carboxylic acids is 2. The second kappa shape index (κ2) is 7.29. The maximum atomic E-state index is 12.2. The van der Waals surface area contributed by atoms with Crippen LogP contribution in [0.1, 0.15) is 21.7 Å². The van der Waals surface area contributed by atoms with Crippen molar-refractivity contribution >= 4 is 11.9 Å². The van der Waals surface area contributed by atoms with E-state index in [1.54, 1.807) is 14.0 Å². The fourth-order valence-corrected chi connectivity index (χ4v) is 2.46. The smallest absolute Gasteiger partial charge is 0.342 e. The number of ether oxygens (including phenoxy) is 3. The molecule has 0 saturated carbocycles. The zero-order valence-corrected chi connectivity index (χ0v) is 14.1. The fourth-order valence-electron chi connectivity index (χ4n) is 2.46. The first kappa shape index (κ1) is 16.9. The number of nitrogens with zero attached hydrogens (tertiary/aromatic N) is 1. The number of carbonyl (C=O) groups is 2. The van der Waals surface area contributed by atoms with Gasteiger partial charge >= 0.3 is 5.97 Å². The summed E-state index contributed by atoms with van der Waals surface area (Å²) in [6, 6.07) is 7.06. The molecule has 7 heteroatoms. The number of rotatable bonds is 5. The number of furan rings is 1. The van der Waals surface area contributed by atoms with E-state index in [0.717, 1.165) is 5.56 Å². The van der Waals surface area contributed by atoms with E-state index in [2.05, 4.69) is 0 Å². The van der Waals surface area contributed by atoms with Gasteiger partial charge in [0.2, 0.25) is 0 Å². The molecule has 0 radical (unpaired) electrons. The second-order valence-electron chi connectivity index (χ2n) is 5.69. The molecule has 1 amide bonds. The molecule has 0 unspecified atom stereocenters. The lowest BCUT2D eigenvalue weighted by Gasteiger charge is -2.21. The Morgan fingerprint density at radius 3 is 2.64 bits per heavy atom. The van der Waals surface area contributed by atoms with E-state index in [1.807, 2.05) is 18.2 Å². The van der Waals surface area contributed by atoms with Crippen LogP contribution in [0, 0.1) is 6.92 Å². The molecule has 0 saturated heterocycles. The molecule has 0 N–H and O–H groups in total. The number of hydrogen-bond acceptors (Lipinski definition) is 6. The van der Waals surface area contributed by atoms with Crippen LogP contribution >= 0.6 is 0 Å². The van der Waals surface area contributed by atoms with E-state index in [9.17, 15) is 9.59 Å². The minimum absolute atomic E-state index is 0.301. The van der Waals surface area contributed by atoms with E-state index in [4.69, 9.17) is 18.6 Å². The van der Waals surface area contributed by atoms with E-state index in [0.29, 0.717) is 42.6 Å². The average molecular weight is 345 g/mol. The molecule has 1 aromatic heterocycles. The Balaban J connectivity index is 1.54. The minimum atomic E-state index is -0.577. The molecule has 0 bridgehead atoms. The van der Waals surface area contributed by atoms with Crippen LogP contribution in [0.3, 0.4) is 0 Å². The highest BCUT2D eigenvalue weighted by Gasteiger charge is 2.18. The molecule has 25 heavy (non-hydrogen) atoms. The van der Waals surface area contributed by atoms with E-state index < -0.39 is 5.97 Å². The third-order valence-corrected chi connectivity index (χ3v) is 3.86. The Morgan fingerprint density at radius 1 is 1.16 bits per heavy atom. The van der Waals surface area contributed by atoms with Gasteiger partial charge in [0.25, 0.3) is 5.91 Å². The molecule has 1 aliphatic rings. The number of esters is 1. The summed E-state index contributed by atoms with van der Waals surface area (Å²) in [5, 5.41) is 0. The standard InChI is InChI=1S/C18H19NO6/c1-12-14(5-6-22-12)18(21)25-11-17(20)19(2)10-13-3-4-15-16(9-13)24-8-7-23-15/h3-6,9H,7-8,10-11H2,1-2H3. The maximum absolute atomic E-state index is 12.2. The van der Waals surface area contributed by atoms with Crippen molar-refractivity contribution in [1.29, 1.82) is 0 Å². The zero-order valence-electron chi connectivity index (χ0n) is 14.1. The van der Waals surface area contributed by atoms with Gasteiger partial charge in [-0.1, -0.05) is 6.07 Å². The Kier molecular flexibility index (Phi) is 4.92. The molecule has 0 atom stereocenters. The summed E-state index contributed by atoms with van der Waals surface area (Å²) in [5.74, 6) is 0.957. The van der Waals surface area contributed by atoms with Gasteiger partial charge in [0.05, 0.1) is 6.26 Å². The lowest BCUT2D eigenvalue weighted by molar-refractivity contribution is -0.133. The summed E-state index contributed by atoms with van der Waals surface area (Å²) >= 11 is 0.